The molecule has 0 unspecified atom stereocenters. The summed E-state index contributed by atoms with van der Waals surface area (Å²) in [6.07, 6.45) is -4.05. The Bertz CT molecular complexity index is 789. The average Bonchev–Trinajstić information content (AvgIpc) is 2.65. The Morgan fingerprint density at radius 2 is 1.74 bits per heavy atom. The van der Waals surface area contributed by atoms with Gasteiger partial charge in [-0.3, -0.25) is 9.59 Å². The molecule has 0 radical (unpaired) electrons. The summed E-state index contributed by atoms with van der Waals surface area (Å²) in [4.78, 5) is 24.2. The molecule has 7 heteroatoms. The fraction of sp³-hybridized carbons (Fsp3) is 0.300. The highest BCUT2D eigenvalue weighted by molar-refractivity contribution is 6.00. The summed E-state index contributed by atoms with van der Waals surface area (Å²) >= 11 is 0. The van der Waals surface area contributed by atoms with E-state index in [1.54, 1.807) is 30.3 Å². The maximum Gasteiger partial charge on any atom is 0.416 e. The summed E-state index contributed by atoms with van der Waals surface area (Å²) in [7, 11) is 0. The van der Waals surface area contributed by atoms with Crippen molar-refractivity contribution in [3.05, 3.63) is 59.7 Å². The van der Waals surface area contributed by atoms with Gasteiger partial charge >= 0.3 is 6.18 Å². The zero-order valence-corrected chi connectivity index (χ0v) is 14.8. The highest BCUT2D eigenvalue weighted by atomic mass is 19.4. The van der Waals surface area contributed by atoms with Crippen LogP contribution >= 0.6 is 0 Å². The number of ether oxygens (including phenoxy) is 1. The van der Waals surface area contributed by atoms with Crippen molar-refractivity contribution in [3.8, 4) is 5.75 Å². The average molecular weight is 379 g/mol. The number of rotatable bonds is 8. The van der Waals surface area contributed by atoms with Crippen molar-refractivity contribution in [3.63, 3.8) is 0 Å². The summed E-state index contributed by atoms with van der Waals surface area (Å²) in [6, 6.07) is 11.4. The van der Waals surface area contributed by atoms with E-state index >= 15 is 0 Å². The van der Waals surface area contributed by atoms with Crippen LogP contribution in [0, 0.1) is 0 Å². The second-order valence-corrected chi connectivity index (χ2v) is 5.89. The molecule has 0 aromatic heterocycles. The smallest absolute Gasteiger partial charge is 0.416 e. The minimum Gasteiger partial charge on any atom is -0.491 e. The second-order valence-electron chi connectivity index (χ2n) is 5.89. The van der Waals surface area contributed by atoms with Crippen molar-refractivity contribution in [2.24, 2.45) is 0 Å². The topological polar surface area (TPSA) is 55.4 Å². The van der Waals surface area contributed by atoms with Gasteiger partial charge in [0.25, 0.3) is 0 Å². The van der Waals surface area contributed by atoms with E-state index in [-0.39, 0.29) is 30.1 Å². The van der Waals surface area contributed by atoms with Crippen molar-refractivity contribution in [2.75, 3.05) is 11.9 Å². The lowest BCUT2D eigenvalue weighted by Crippen LogP contribution is -2.15. The molecule has 4 nitrogen and oxygen atoms in total. The molecular weight excluding hydrogens is 359 g/mol. The largest absolute Gasteiger partial charge is 0.491 e. The van der Waals surface area contributed by atoms with Gasteiger partial charge in [-0.25, -0.2) is 0 Å². The van der Waals surface area contributed by atoms with E-state index < -0.39 is 17.6 Å². The predicted molar refractivity (Wildman–Crippen MR) is 95.9 cm³/mol. The zero-order chi connectivity index (χ0) is 19.9. The lowest BCUT2D eigenvalue weighted by molar-refractivity contribution is -0.137. The maximum absolute atomic E-state index is 12.9. The number of ketones is 1. The van der Waals surface area contributed by atoms with Gasteiger partial charge in [-0.1, -0.05) is 37.3 Å². The first kappa shape index (κ1) is 20.5. The lowest BCUT2D eigenvalue weighted by atomic mass is 10.1. The molecule has 2 aromatic rings. The Hall–Kier alpha value is -2.83. The summed E-state index contributed by atoms with van der Waals surface area (Å²) in [6.45, 7) is 2.16. The molecular formula is C20H20F3NO3. The quantitative estimate of drug-likeness (QED) is 0.650. The lowest BCUT2D eigenvalue weighted by Gasteiger charge is -2.15. The van der Waals surface area contributed by atoms with Gasteiger partial charge in [0.2, 0.25) is 5.91 Å². The predicted octanol–water partition coefficient (Wildman–Crippen LogP) is 5.10. The Labute approximate surface area is 155 Å². The zero-order valence-electron chi connectivity index (χ0n) is 14.8. The molecule has 0 spiro atoms. The molecule has 2 rings (SSSR count). The van der Waals surface area contributed by atoms with E-state index in [1.807, 2.05) is 6.92 Å². The number of carbonyl (C=O) groups is 2. The van der Waals surface area contributed by atoms with E-state index in [1.165, 1.54) is 6.07 Å². The van der Waals surface area contributed by atoms with Crippen LogP contribution in [-0.2, 0) is 11.0 Å². The standard InChI is InChI=1S/C20H20F3NO3/c1-2-12-27-18-10-8-15(20(21,22)23)13-16(18)24-19(26)11-9-17(25)14-6-4-3-5-7-14/h3-8,10,13H,2,9,11-12H2,1H3,(H,24,26). The number of carbonyl (C=O) groups excluding carboxylic acids is 2. The van der Waals surface area contributed by atoms with Crippen LogP contribution in [0.25, 0.3) is 0 Å². The number of benzene rings is 2. The van der Waals surface area contributed by atoms with Crippen LogP contribution in [0.3, 0.4) is 0 Å². The van der Waals surface area contributed by atoms with Gasteiger partial charge < -0.3 is 10.1 Å². The summed E-state index contributed by atoms with van der Waals surface area (Å²) < 4.78 is 44.2. The van der Waals surface area contributed by atoms with E-state index in [2.05, 4.69) is 5.32 Å². The molecule has 0 saturated carbocycles. The SMILES string of the molecule is CCCOc1ccc(C(F)(F)F)cc1NC(=O)CCC(=O)c1ccccc1. The van der Waals surface area contributed by atoms with Gasteiger partial charge in [-0.2, -0.15) is 13.2 Å². The van der Waals surface area contributed by atoms with Gasteiger partial charge in [0.15, 0.2) is 5.78 Å². The monoisotopic (exact) mass is 379 g/mol. The third-order valence-electron chi connectivity index (χ3n) is 3.72. The van der Waals surface area contributed by atoms with Crippen molar-refractivity contribution < 1.29 is 27.5 Å². The van der Waals surface area contributed by atoms with Crippen molar-refractivity contribution in [1.82, 2.24) is 0 Å². The Kier molecular flexibility index (Phi) is 6.98. The molecule has 0 heterocycles. The van der Waals surface area contributed by atoms with E-state index in [9.17, 15) is 22.8 Å². The Balaban J connectivity index is 2.07. The fourth-order valence-corrected chi connectivity index (χ4v) is 2.35. The third kappa shape index (κ3) is 6.13. The van der Waals surface area contributed by atoms with E-state index in [0.717, 1.165) is 12.1 Å². The number of nitrogens with one attached hydrogen (secondary N) is 1. The molecule has 0 aliphatic rings. The maximum atomic E-state index is 12.9. The van der Waals surface area contributed by atoms with E-state index in [4.69, 9.17) is 4.74 Å². The molecule has 1 N–H and O–H groups in total. The number of amides is 1. The van der Waals surface area contributed by atoms with Crippen molar-refractivity contribution in [2.45, 2.75) is 32.4 Å². The van der Waals surface area contributed by atoms with Gasteiger partial charge in [0, 0.05) is 18.4 Å². The highest BCUT2D eigenvalue weighted by Gasteiger charge is 2.31. The molecule has 144 valence electrons. The summed E-state index contributed by atoms with van der Waals surface area (Å²) in [5.41, 5.74) is -0.464. The molecule has 2 aromatic carbocycles. The number of alkyl halides is 3. The number of halogens is 3. The van der Waals surface area contributed by atoms with Crippen LogP contribution in [-0.4, -0.2) is 18.3 Å². The van der Waals surface area contributed by atoms with Crippen LogP contribution in [0.15, 0.2) is 48.5 Å². The van der Waals surface area contributed by atoms with Gasteiger partial charge in [-0.15, -0.1) is 0 Å². The minimum atomic E-state index is -4.54. The fourth-order valence-electron chi connectivity index (χ4n) is 2.35. The second kappa shape index (κ2) is 9.21. The first-order chi connectivity index (χ1) is 12.8. The van der Waals surface area contributed by atoms with Crippen LogP contribution in [0.1, 0.15) is 42.1 Å². The highest BCUT2D eigenvalue weighted by Crippen LogP contribution is 2.35. The first-order valence-corrected chi connectivity index (χ1v) is 8.53. The number of Topliss-reactive ketones (excluding diaryl/α,β-unsaturated/α-hetero) is 1. The molecule has 0 atom stereocenters. The van der Waals surface area contributed by atoms with Crippen LogP contribution in [0.4, 0.5) is 18.9 Å². The number of hydrogen-bond acceptors (Lipinski definition) is 3. The normalized spacial score (nSPS) is 11.1. The Morgan fingerprint density at radius 1 is 1.04 bits per heavy atom. The van der Waals surface area contributed by atoms with Crippen LogP contribution in [0.5, 0.6) is 5.75 Å². The molecule has 1 amide bonds. The third-order valence-corrected chi connectivity index (χ3v) is 3.72. The van der Waals surface area contributed by atoms with E-state index in [0.29, 0.717) is 18.6 Å². The molecule has 0 saturated heterocycles. The van der Waals surface area contributed by atoms with Gasteiger partial charge in [0.05, 0.1) is 17.9 Å². The summed E-state index contributed by atoms with van der Waals surface area (Å²) in [5.74, 6) is -0.607. The van der Waals surface area contributed by atoms with Crippen molar-refractivity contribution >= 4 is 17.4 Å². The molecule has 0 aliphatic heterocycles. The Morgan fingerprint density at radius 3 is 2.37 bits per heavy atom. The van der Waals surface area contributed by atoms with Gasteiger partial charge in [0.1, 0.15) is 5.75 Å². The first-order valence-electron chi connectivity index (χ1n) is 8.53. The van der Waals surface area contributed by atoms with Crippen LogP contribution < -0.4 is 10.1 Å². The number of hydrogen-bond donors (Lipinski definition) is 1. The molecule has 27 heavy (non-hydrogen) atoms. The molecule has 0 aliphatic carbocycles. The number of anilines is 1. The molecule has 0 bridgehead atoms. The molecule has 0 fully saturated rings. The summed E-state index contributed by atoms with van der Waals surface area (Å²) in [5, 5.41) is 2.42. The van der Waals surface area contributed by atoms with Gasteiger partial charge in [-0.05, 0) is 24.6 Å². The minimum absolute atomic E-state index is 0.0417. The van der Waals surface area contributed by atoms with Crippen LogP contribution in [0.2, 0.25) is 0 Å². The van der Waals surface area contributed by atoms with Crippen molar-refractivity contribution in [1.29, 1.82) is 0 Å².